The summed E-state index contributed by atoms with van der Waals surface area (Å²) in [5.74, 6) is -2.51. The Morgan fingerprint density at radius 1 is 1.15 bits per heavy atom. The number of nitriles is 1. The number of imidazole rings is 1. The summed E-state index contributed by atoms with van der Waals surface area (Å²) in [6.07, 6.45) is -6.52. The second-order valence-electron chi connectivity index (χ2n) is 13.8. The topological polar surface area (TPSA) is 269 Å². The van der Waals surface area contributed by atoms with Crippen molar-refractivity contribution in [2.24, 2.45) is 5.92 Å². The third kappa shape index (κ3) is 9.41. The lowest BCUT2D eigenvalue weighted by molar-refractivity contribution is -0.118. The van der Waals surface area contributed by atoms with E-state index >= 15 is 8.78 Å². The quantitative estimate of drug-likeness (QED) is 0.0752. The number of rotatable bonds is 17. The number of aliphatic hydroxyl groups is 1. The summed E-state index contributed by atoms with van der Waals surface area (Å²) in [5, 5.41) is 24.5. The Kier molecular flexibility index (Phi) is 13.7. The summed E-state index contributed by atoms with van der Waals surface area (Å²) in [6, 6.07) is 10.2. The highest BCUT2D eigenvalue weighted by atomic mass is 32.5. The zero-order valence-corrected chi connectivity index (χ0v) is 34.6. The smallest absolute Gasteiger partial charge is 0.327 e. The molecule has 322 valence electrons. The highest BCUT2D eigenvalue weighted by Crippen LogP contribution is 2.54. The Morgan fingerprint density at radius 2 is 1.93 bits per heavy atom. The summed E-state index contributed by atoms with van der Waals surface area (Å²) >= 11 is 5.71. The number of anilines is 2. The number of aromatic amines is 1. The summed E-state index contributed by atoms with van der Waals surface area (Å²) in [7, 11) is -0.908. The third-order valence-corrected chi connectivity index (χ3v) is 12.2. The van der Waals surface area contributed by atoms with Crippen LogP contribution in [0.2, 0.25) is 0 Å². The highest BCUT2D eigenvalue weighted by Gasteiger charge is 2.49. The molecule has 2 saturated heterocycles. The Hall–Kier alpha value is -5.05. The van der Waals surface area contributed by atoms with E-state index in [4.69, 9.17) is 39.4 Å². The SMILES string of the molecule is CC(C)C(=O)Nc1nc2c(ncn2[C@@H]2O[C@H](COP(=S)(OCCC#N)O[C@H]3C[C@H](n4cc(F)c5c(NC(=O)c6ccccc6)ncnc54)O[C@@H]3CO)[C@@H](F)[C@H]2OP=O)c(=O)[nH]1. The fourth-order valence-corrected chi connectivity index (χ4v) is 9.00. The fraction of sp³-hybridized carbons (Fsp3) is 0.429. The number of hydrogen-bond acceptors (Lipinski definition) is 17. The number of hydrogen-bond donors (Lipinski definition) is 4. The van der Waals surface area contributed by atoms with Crippen molar-refractivity contribution in [3.05, 3.63) is 70.9 Å². The molecule has 5 aromatic rings. The first-order valence-corrected chi connectivity index (χ1v) is 21.8. The molecule has 8 atom stereocenters. The number of aliphatic hydroxyl groups excluding tert-OH is 1. The van der Waals surface area contributed by atoms with Gasteiger partial charge in [0, 0.05) is 24.1 Å². The number of H-pyrrole nitrogens is 1. The number of fused-ring (bicyclic) bond motifs is 2. The molecule has 0 radical (unpaired) electrons. The van der Waals surface area contributed by atoms with E-state index in [2.05, 4.69) is 35.6 Å². The van der Waals surface area contributed by atoms with E-state index in [0.29, 0.717) is 5.56 Å². The van der Waals surface area contributed by atoms with Gasteiger partial charge in [0.2, 0.25) is 11.9 Å². The molecule has 6 heterocycles. The van der Waals surface area contributed by atoms with E-state index < -0.39 is 101 Å². The van der Waals surface area contributed by atoms with Gasteiger partial charge in [-0.3, -0.25) is 33.8 Å². The Morgan fingerprint density at radius 3 is 2.66 bits per heavy atom. The van der Waals surface area contributed by atoms with Crippen LogP contribution in [0.1, 0.15) is 49.5 Å². The van der Waals surface area contributed by atoms with Gasteiger partial charge in [0.05, 0.1) is 50.1 Å². The second kappa shape index (κ2) is 18.9. The van der Waals surface area contributed by atoms with Crippen molar-refractivity contribution in [1.29, 1.82) is 5.26 Å². The van der Waals surface area contributed by atoms with Crippen molar-refractivity contribution in [2.75, 3.05) is 30.5 Å². The molecule has 2 amide bonds. The lowest BCUT2D eigenvalue weighted by Gasteiger charge is -2.27. The van der Waals surface area contributed by atoms with Gasteiger partial charge in [-0.05, 0) is 23.9 Å². The molecular weight excluding hydrogens is 868 g/mol. The van der Waals surface area contributed by atoms with Crippen LogP contribution in [0.4, 0.5) is 20.5 Å². The number of ether oxygens (including phenoxy) is 2. The van der Waals surface area contributed by atoms with Crippen LogP contribution in [-0.4, -0.2) is 101 Å². The molecule has 61 heavy (non-hydrogen) atoms. The van der Waals surface area contributed by atoms with E-state index in [0.717, 1.165) is 18.9 Å². The standard InChI is InChI=1S/C35H36F2N10O11P2S/c1-17(2)31(49)44-35-43-30-26(33(51)45-35)41-16-47(30)34-27(57-59-52)25(37)22(56-34)14-54-60(61,53-10-6-9-38)58-20-11-23(55-21(20)13-48)46-12-19(36)24-28(39-15-40-29(24)46)42-32(50)18-7-4-3-5-8-18/h3-5,7-8,12,15-17,20-23,25,27,34,48H,6,10-11,13-14H2,1-2H3,(H,39,40,42,50)(H2,43,44,45,49,51)/t20-,21+,22+,23+,25+,27+,34+,60?/m0/s1. The monoisotopic (exact) mass is 904 g/mol. The van der Waals surface area contributed by atoms with E-state index in [1.807, 2.05) is 6.07 Å². The number of carbonyl (C=O) groups is 2. The van der Waals surface area contributed by atoms with Gasteiger partial charge in [-0.1, -0.05) is 32.0 Å². The average molecular weight is 905 g/mol. The average Bonchev–Trinajstić information content (AvgIpc) is 4.01. The van der Waals surface area contributed by atoms with Crippen LogP contribution >= 0.6 is 15.4 Å². The lowest BCUT2D eigenvalue weighted by Crippen LogP contribution is -2.31. The van der Waals surface area contributed by atoms with Crippen molar-refractivity contribution in [3.63, 3.8) is 0 Å². The van der Waals surface area contributed by atoms with Crippen LogP contribution in [0.3, 0.4) is 0 Å². The molecule has 2 fully saturated rings. The Bertz CT molecular complexity index is 2580. The number of nitrogens with one attached hydrogen (secondary N) is 3. The molecule has 26 heteroatoms. The molecule has 0 bridgehead atoms. The number of nitrogens with zero attached hydrogens (tertiary/aromatic N) is 7. The minimum atomic E-state index is -3.96. The highest BCUT2D eigenvalue weighted by molar-refractivity contribution is 8.07. The van der Waals surface area contributed by atoms with Gasteiger partial charge < -0.3 is 38.0 Å². The first-order chi connectivity index (χ1) is 29.3. The maximum Gasteiger partial charge on any atom is 0.327 e. The van der Waals surface area contributed by atoms with E-state index in [1.54, 1.807) is 44.2 Å². The van der Waals surface area contributed by atoms with Crippen LogP contribution in [0.5, 0.6) is 0 Å². The molecule has 0 spiro atoms. The summed E-state index contributed by atoms with van der Waals surface area (Å²) in [5.41, 5.74) is -0.646. The van der Waals surface area contributed by atoms with Crippen LogP contribution < -0.4 is 16.2 Å². The number of amides is 2. The van der Waals surface area contributed by atoms with Crippen LogP contribution in [0, 0.1) is 23.1 Å². The second-order valence-corrected chi connectivity index (χ2v) is 17.2. The number of alkyl halides is 1. The number of carbonyl (C=O) groups excluding carboxylic acids is 2. The Labute approximate surface area is 350 Å². The third-order valence-electron chi connectivity index (χ3n) is 9.53. The van der Waals surface area contributed by atoms with Crippen LogP contribution in [-0.2, 0) is 48.7 Å². The van der Waals surface area contributed by atoms with Crippen LogP contribution in [0.25, 0.3) is 22.2 Å². The van der Waals surface area contributed by atoms with Crippen molar-refractivity contribution in [1.82, 2.24) is 34.1 Å². The lowest BCUT2D eigenvalue weighted by atomic mass is 10.1. The van der Waals surface area contributed by atoms with E-state index in [-0.39, 0.29) is 53.4 Å². The van der Waals surface area contributed by atoms with Gasteiger partial charge in [-0.2, -0.15) is 10.2 Å². The molecule has 1 unspecified atom stereocenters. The van der Waals surface area contributed by atoms with Gasteiger partial charge in [-0.25, -0.2) is 28.3 Å². The van der Waals surface area contributed by atoms with E-state index in [1.165, 1.54) is 9.13 Å². The maximum atomic E-state index is 16.1. The van der Waals surface area contributed by atoms with Gasteiger partial charge in [-0.15, -0.1) is 0 Å². The molecule has 4 aromatic heterocycles. The first-order valence-electron chi connectivity index (χ1n) is 18.5. The molecule has 0 aliphatic carbocycles. The molecule has 2 aliphatic rings. The fourth-order valence-electron chi connectivity index (χ4n) is 6.55. The van der Waals surface area contributed by atoms with Crippen molar-refractivity contribution < 1.29 is 55.6 Å². The molecule has 0 saturated carbocycles. The summed E-state index contributed by atoms with van der Waals surface area (Å²) < 4.78 is 81.0. The normalized spacial score (nSPS) is 23.7. The predicted octanol–water partition coefficient (Wildman–Crippen LogP) is 4.21. The molecule has 21 nitrogen and oxygen atoms in total. The zero-order valence-electron chi connectivity index (χ0n) is 32.0. The largest absolute Gasteiger partial charge is 0.394 e. The first kappa shape index (κ1) is 44.0. The van der Waals surface area contributed by atoms with Crippen molar-refractivity contribution in [2.45, 2.75) is 69.7 Å². The van der Waals surface area contributed by atoms with E-state index in [9.17, 15) is 29.3 Å². The predicted molar refractivity (Wildman–Crippen MR) is 212 cm³/mol. The molecule has 2 aliphatic heterocycles. The molecular formula is C35H36F2N10O11P2S. The molecule has 4 N–H and O–H groups in total. The van der Waals surface area contributed by atoms with Crippen molar-refractivity contribution in [3.8, 4) is 6.07 Å². The van der Waals surface area contributed by atoms with Gasteiger partial charge >= 0.3 is 15.4 Å². The number of aromatic nitrogens is 7. The summed E-state index contributed by atoms with van der Waals surface area (Å²) in [6.45, 7) is -2.20. The van der Waals surface area contributed by atoms with Crippen LogP contribution in [0.15, 0.2) is 54.0 Å². The molecule has 7 rings (SSSR count). The van der Waals surface area contributed by atoms with Gasteiger partial charge in [0.25, 0.3) is 11.5 Å². The number of halogens is 2. The summed E-state index contributed by atoms with van der Waals surface area (Å²) in [4.78, 5) is 57.0. The Balaban J connectivity index is 1.09. The maximum absolute atomic E-state index is 16.1. The van der Waals surface area contributed by atoms with Gasteiger partial charge in [0.15, 0.2) is 41.1 Å². The minimum Gasteiger partial charge on any atom is -0.394 e. The number of benzene rings is 1. The molecule has 1 aromatic carbocycles. The van der Waals surface area contributed by atoms with Crippen molar-refractivity contribution >= 4 is 73.0 Å². The van der Waals surface area contributed by atoms with Gasteiger partial charge in [0.1, 0.15) is 30.6 Å². The zero-order chi connectivity index (χ0) is 43.4. The minimum absolute atomic E-state index is 0.0531.